The molecule has 1 unspecified atom stereocenters. The monoisotopic (exact) mass is 368 g/mol. The van der Waals surface area contributed by atoms with Gasteiger partial charge in [0.2, 0.25) is 0 Å². The number of carbonyl (C=O) groups excluding carboxylic acids is 1. The summed E-state index contributed by atoms with van der Waals surface area (Å²) in [6.07, 6.45) is 0.492. The van der Waals surface area contributed by atoms with E-state index >= 15 is 0 Å². The SMILES string of the molecule is Cc1cc(Br)cc(C)c1CNC(=O)N1CCC(C)(C(=O)O)C1. The van der Waals surface area contributed by atoms with Crippen molar-refractivity contribution in [3.8, 4) is 0 Å². The Bertz CT molecular complexity index is 594. The molecule has 2 rings (SSSR count). The number of nitrogens with one attached hydrogen (secondary N) is 1. The minimum Gasteiger partial charge on any atom is -0.481 e. The number of aliphatic carboxylic acids is 1. The molecular weight excluding hydrogens is 348 g/mol. The lowest BCUT2D eigenvalue weighted by Gasteiger charge is -2.21. The summed E-state index contributed by atoms with van der Waals surface area (Å²) >= 11 is 3.46. The number of carbonyl (C=O) groups is 2. The Morgan fingerprint density at radius 2 is 1.95 bits per heavy atom. The van der Waals surface area contributed by atoms with E-state index in [1.165, 1.54) is 0 Å². The number of carboxylic acid groups (broad SMARTS) is 1. The Balaban J connectivity index is 1.99. The van der Waals surface area contributed by atoms with Crippen molar-refractivity contribution >= 4 is 27.9 Å². The molecule has 0 saturated carbocycles. The molecule has 1 aromatic carbocycles. The fourth-order valence-corrected chi connectivity index (χ4v) is 3.49. The topological polar surface area (TPSA) is 69.6 Å². The van der Waals surface area contributed by atoms with Crippen LogP contribution in [0.5, 0.6) is 0 Å². The van der Waals surface area contributed by atoms with E-state index in [4.69, 9.17) is 0 Å². The van der Waals surface area contributed by atoms with Crippen LogP contribution in [-0.4, -0.2) is 35.1 Å². The minimum atomic E-state index is -0.845. The molecule has 0 spiro atoms. The Morgan fingerprint density at radius 1 is 1.36 bits per heavy atom. The van der Waals surface area contributed by atoms with Gasteiger partial charge in [-0.2, -0.15) is 0 Å². The van der Waals surface area contributed by atoms with Gasteiger partial charge in [0.15, 0.2) is 0 Å². The number of urea groups is 1. The first-order valence-corrected chi connectivity index (χ1v) is 8.04. The Labute approximate surface area is 138 Å². The quantitative estimate of drug-likeness (QED) is 0.861. The number of halogens is 1. The van der Waals surface area contributed by atoms with Gasteiger partial charge in [0.25, 0.3) is 0 Å². The molecule has 0 radical (unpaired) electrons. The number of aryl methyl sites for hydroxylation is 2. The zero-order chi connectivity index (χ0) is 16.5. The molecule has 2 amide bonds. The third kappa shape index (κ3) is 3.43. The predicted octanol–water partition coefficient (Wildman–Crippen LogP) is 3.07. The van der Waals surface area contributed by atoms with Crippen molar-refractivity contribution in [2.45, 2.75) is 33.7 Å². The summed E-state index contributed by atoms with van der Waals surface area (Å²) in [5.41, 5.74) is 2.49. The summed E-state index contributed by atoms with van der Waals surface area (Å²) in [4.78, 5) is 25.0. The molecule has 1 atom stereocenters. The van der Waals surface area contributed by atoms with E-state index in [2.05, 4.69) is 21.2 Å². The smallest absolute Gasteiger partial charge is 0.317 e. The zero-order valence-electron chi connectivity index (χ0n) is 13.1. The van der Waals surface area contributed by atoms with Crippen molar-refractivity contribution in [1.82, 2.24) is 10.2 Å². The van der Waals surface area contributed by atoms with Gasteiger partial charge in [-0.25, -0.2) is 4.79 Å². The van der Waals surface area contributed by atoms with Crippen LogP contribution in [0.4, 0.5) is 4.79 Å². The molecule has 1 saturated heterocycles. The second-order valence-electron chi connectivity index (χ2n) is 6.21. The Hall–Kier alpha value is -1.56. The standard InChI is InChI=1S/C16H21BrN2O3/c1-10-6-12(17)7-11(2)13(10)8-18-15(22)19-5-4-16(3,9-19)14(20)21/h6-7H,4-5,8-9H2,1-3H3,(H,18,22)(H,20,21). The summed E-state index contributed by atoms with van der Waals surface area (Å²) in [6.45, 7) is 6.89. The number of benzene rings is 1. The van der Waals surface area contributed by atoms with Crippen molar-refractivity contribution in [3.05, 3.63) is 33.3 Å². The van der Waals surface area contributed by atoms with Crippen LogP contribution >= 0.6 is 15.9 Å². The zero-order valence-corrected chi connectivity index (χ0v) is 14.7. The van der Waals surface area contributed by atoms with Crippen LogP contribution in [0.1, 0.15) is 30.0 Å². The largest absolute Gasteiger partial charge is 0.481 e. The summed E-state index contributed by atoms with van der Waals surface area (Å²) in [5, 5.41) is 12.1. The highest BCUT2D eigenvalue weighted by molar-refractivity contribution is 9.10. The first kappa shape index (κ1) is 16.8. The molecule has 22 heavy (non-hydrogen) atoms. The predicted molar refractivity (Wildman–Crippen MR) is 87.8 cm³/mol. The minimum absolute atomic E-state index is 0.202. The van der Waals surface area contributed by atoms with Crippen molar-refractivity contribution in [2.24, 2.45) is 5.41 Å². The molecule has 0 bridgehead atoms. The van der Waals surface area contributed by atoms with E-state index in [1.807, 2.05) is 26.0 Å². The second-order valence-corrected chi connectivity index (χ2v) is 7.13. The van der Waals surface area contributed by atoms with Crippen molar-refractivity contribution in [1.29, 1.82) is 0 Å². The summed E-state index contributed by atoms with van der Waals surface area (Å²) in [5.74, 6) is -0.845. The van der Waals surface area contributed by atoms with E-state index in [0.717, 1.165) is 21.2 Å². The highest BCUT2D eigenvalue weighted by Gasteiger charge is 2.42. The van der Waals surface area contributed by atoms with Gasteiger partial charge in [-0.3, -0.25) is 4.79 Å². The molecule has 0 aliphatic carbocycles. The molecule has 1 aliphatic rings. The molecule has 1 aromatic rings. The molecule has 1 heterocycles. The number of hydrogen-bond acceptors (Lipinski definition) is 2. The van der Waals surface area contributed by atoms with E-state index in [9.17, 15) is 14.7 Å². The molecule has 1 fully saturated rings. The normalized spacial score (nSPS) is 21.0. The first-order chi connectivity index (χ1) is 10.2. The lowest BCUT2D eigenvalue weighted by Crippen LogP contribution is -2.40. The van der Waals surface area contributed by atoms with E-state index in [-0.39, 0.29) is 12.6 Å². The second kappa shape index (κ2) is 6.28. The van der Waals surface area contributed by atoms with Crippen molar-refractivity contribution in [3.63, 3.8) is 0 Å². The van der Waals surface area contributed by atoms with Gasteiger partial charge in [-0.05, 0) is 56.0 Å². The summed E-state index contributed by atoms with van der Waals surface area (Å²) in [7, 11) is 0. The van der Waals surface area contributed by atoms with Crippen molar-refractivity contribution in [2.75, 3.05) is 13.1 Å². The van der Waals surface area contributed by atoms with Gasteiger partial charge < -0.3 is 15.3 Å². The Kier molecular flexibility index (Phi) is 4.80. The van der Waals surface area contributed by atoms with Crippen LogP contribution in [0.15, 0.2) is 16.6 Å². The van der Waals surface area contributed by atoms with Gasteiger partial charge in [-0.15, -0.1) is 0 Å². The molecule has 1 aliphatic heterocycles. The third-order valence-electron chi connectivity index (χ3n) is 4.35. The fourth-order valence-electron chi connectivity index (χ4n) is 2.80. The number of nitrogens with zero attached hydrogens (tertiary/aromatic N) is 1. The van der Waals surface area contributed by atoms with Gasteiger partial charge in [-0.1, -0.05) is 15.9 Å². The maximum atomic E-state index is 12.2. The molecular formula is C16H21BrN2O3. The van der Waals surface area contributed by atoms with E-state index in [0.29, 0.717) is 19.5 Å². The van der Waals surface area contributed by atoms with Crippen LogP contribution in [0.25, 0.3) is 0 Å². The van der Waals surface area contributed by atoms with Crippen LogP contribution in [0.2, 0.25) is 0 Å². The Morgan fingerprint density at radius 3 is 2.45 bits per heavy atom. The summed E-state index contributed by atoms with van der Waals surface area (Å²) in [6, 6.07) is 3.84. The highest BCUT2D eigenvalue weighted by Crippen LogP contribution is 2.30. The lowest BCUT2D eigenvalue weighted by atomic mass is 9.90. The van der Waals surface area contributed by atoms with Crippen molar-refractivity contribution < 1.29 is 14.7 Å². The maximum absolute atomic E-state index is 12.2. The third-order valence-corrected chi connectivity index (χ3v) is 4.81. The summed E-state index contributed by atoms with van der Waals surface area (Å²) < 4.78 is 1.02. The van der Waals surface area contributed by atoms with Gasteiger partial charge >= 0.3 is 12.0 Å². The first-order valence-electron chi connectivity index (χ1n) is 7.25. The number of hydrogen-bond donors (Lipinski definition) is 2. The molecule has 5 nitrogen and oxygen atoms in total. The van der Waals surface area contributed by atoms with Crippen LogP contribution in [-0.2, 0) is 11.3 Å². The molecule has 2 N–H and O–H groups in total. The number of carboxylic acids is 1. The van der Waals surface area contributed by atoms with Crippen LogP contribution in [0.3, 0.4) is 0 Å². The number of likely N-dealkylation sites (tertiary alicyclic amines) is 1. The van der Waals surface area contributed by atoms with E-state index < -0.39 is 11.4 Å². The molecule has 6 heteroatoms. The van der Waals surface area contributed by atoms with Crippen LogP contribution in [0, 0.1) is 19.3 Å². The average Bonchev–Trinajstić information content (AvgIpc) is 2.81. The van der Waals surface area contributed by atoms with Crippen LogP contribution < -0.4 is 5.32 Å². The van der Waals surface area contributed by atoms with Gasteiger partial charge in [0.1, 0.15) is 0 Å². The van der Waals surface area contributed by atoms with Gasteiger partial charge in [0.05, 0.1) is 5.41 Å². The molecule has 0 aromatic heterocycles. The number of amides is 2. The lowest BCUT2D eigenvalue weighted by molar-refractivity contribution is -0.146. The highest BCUT2D eigenvalue weighted by atomic mass is 79.9. The maximum Gasteiger partial charge on any atom is 0.317 e. The average molecular weight is 369 g/mol. The van der Waals surface area contributed by atoms with Gasteiger partial charge in [0, 0.05) is 24.1 Å². The fraction of sp³-hybridized carbons (Fsp3) is 0.500. The number of rotatable bonds is 3. The molecule has 120 valence electrons. The van der Waals surface area contributed by atoms with E-state index in [1.54, 1.807) is 11.8 Å².